The minimum Gasteiger partial charge on any atom is -0.496 e. The lowest BCUT2D eigenvalue weighted by molar-refractivity contribution is 0.184. The van der Waals surface area contributed by atoms with Crippen molar-refractivity contribution in [2.75, 3.05) is 20.3 Å². The summed E-state index contributed by atoms with van der Waals surface area (Å²) in [6.45, 7) is 5.45. The Morgan fingerprint density at radius 2 is 2.10 bits per heavy atom. The molecular formula is C22H26N4O3. The maximum Gasteiger partial charge on any atom is 0.248 e. The number of rotatable bonds is 6. The third-order valence-corrected chi connectivity index (χ3v) is 5.24. The molecule has 0 aliphatic carbocycles. The highest BCUT2D eigenvalue weighted by Crippen LogP contribution is 2.30. The van der Waals surface area contributed by atoms with Gasteiger partial charge in [-0.1, -0.05) is 32.0 Å². The van der Waals surface area contributed by atoms with E-state index in [1.165, 1.54) is 0 Å². The minimum atomic E-state index is -0.109. The molecule has 29 heavy (non-hydrogen) atoms. The van der Waals surface area contributed by atoms with E-state index in [2.05, 4.69) is 18.8 Å². The molecule has 0 bridgehead atoms. The highest BCUT2D eigenvalue weighted by molar-refractivity contribution is 5.59. The molecule has 1 unspecified atom stereocenters. The number of benzene rings is 1. The highest BCUT2D eigenvalue weighted by Gasteiger charge is 2.26. The predicted octanol–water partition coefficient (Wildman–Crippen LogP) is 3.32. The second-order valence-electron chi connectivity index (χ2n) is 7.61. The normalized spacial score (nSPS) is 16.5. The Morgan fingerprint density at radius 3 is 2.83 bits per heavy atom. The number of aromatic amines is 1. The Labute approximate surface area is 169 Å². The maximum atomic E-state index is 11.9. The Morgan fingerprint density at radius 1 is 1.28 bits per heavy atom. The van der Waals surface area contributed by atoms with Crippen molar-refractivity contribution < 1.29 is 9.47 Å². The molecule has 7 nitrogen and oxygen atoms in total. The van der Waals surface area contributed by atoms with Gasteiger partial charge >= 0.3 is 0 Å². The average molecular weight is 394 g/mol. The van der Waals surface area contributed by atoms with Crippen LogP contribution in [-0.2, 0) is 11.2 Å². The van der Waals surface area contributed by atoms with Gasteiger partial charge in [-0.3, -0.25) is 4.79 Å². The molecule has 3 heterocycles. The molecular weight excluding hydrogens is 368 g/mol. The molecule has 1 aliphatic heterocycles. The lowest BCUT2D eigenvalue weighted by Crippen LogP contribution is -2.15. The topological polar surface area (TPSA) is 82.0 Å². The van der Waals surface area contributed by atoms with E-state index >= 15 is 0 Å². The number of hydrogen-bond donors (Lipinski definition) is 1. The van der Waals surface area contributed by atoms with Crippen LogP contribution >= 0.6 is 0 Å². The Kier molecular flexibility index (Phi) is 5.49. The van der Waals surface area contributed by atoms with Crippen LogP contribution in [-0.4, -0.2) is 40.1 Å². The first kappa shape index (κ1) is 19.4. The van der Waals surface area contributed by atoms with E-state index in [1.54, 1.807) is 13.2 Å². The molecule has 1 saturated heterocycles. The summed E-state index contributed by atoms with van der Waals surface area (Å²) < 4.78 is 13.0. The zero-order chi connectivity index (χ0) is 20.4. The van der Waals surface area contributed by atoms with Crippen LogP contribution in [0, 0.1) is 0 Å². The van der Waals surface area contributed by atoms with Gasteiger partial charge in [-0.25, -0.2) is 9.67 Å². The Bertz CT molecular complexity index is 1050. The van der Waals surface area contributed by atoms with Gasteiger partial charge in [-0.05, 0) is 24.5 Å². The SMILES string of the molecule is COc1ccccc1Cc1nc(-c2ccc(=O)[nH]c2C(C)C)n(C2CCOC2)n1. The molecule has 2 aromatic heterocycles. The second kappa shape index (κ2) is 8.21. The van der Waals surface area contributed by atoms with Crippen molar-refractivity contribution in [3.63, 3.8) is 0 Å². The molecule has 1 aromatic carbocycles. The molecule has 0 amide bonds. The largest absolute Gasteiger partial charge is 0.496 e. The van der Waals surface area contributed by atoms with Gasteiger partial charge < -0.3 is 14.5 Å². The van der Waals surface area contributed by atoms with Gasteiger partial charge in [-0.15, -0.1) is 0 Å². The summed E-state index contributed by atoms with van der Waals surface area (Å²) in [5.41, 5.74) is 2.70. The summed E-state index contributed by atoms with van der Waals surface area (Å²) in [7, 11) is 1.67. The zero-order valence-corrected chi connectivity index (χ0v) is 17.0. The van der Waals surface area contributed by atoms with E-state index in [0.717, 1.165) is 40.6 Å². The molecule has 1 fully saturated rings. The number of nitrogens with zero attached hydrogens (tertiary/aromatic N) is 3. The third-order valence-electron chi connectivity index (χ3n) is 5.24. The van der Waals surface area contributed by atoms with Crippen LogP contribution in [0.3, 0.4) is 0 Å². The van der Waals surface area contributed by atoms with Crippen molar-refractivity contribution in [1.82, 2.24) is 19.7 Å². The summed E-state index contributed by atoms with van der Waals surface area (Å²) in [4.78, 5) is 19.8. The van der Waals surface area contributed by atoms with Crippen molar-refractivity contribution in [2.24, 2.45) is 0 Å². The number of hydrogen-bond acceptors (Lipinski definition) is 5. The van der Waals surface area contributed by atoms with E-state index in [9.17, 15) is 4.79 Å². The number of ether oxygens (including phenoxy) is 2. The van der Waals surface area contributed by atoms with E-state index < -0.39 is 0 Å². The van der Waals surface area contributed by atoms with Crippen LogP contribution in [0.5, 0.6) is 5.75 Å². The maximum absolute atomic E-state index is 11.9. The summed E-state index contributed by atoms with van der Waals surface area (Å²) >= 11 is 0. The molecule has 0 spiro atoms. The number of para-hydroxylation sites is 1. The molecule has 0 saturated carbocycles. The van der Waals surface area contributed by atoms with Gasteiger partial charge in [-0.2, -0.15) is 5.10 Å². The van der Waals surface area contributed by atoms with Gasteiger partial charge in [0, 0.05) is 35.9 Å². The molecule has 1 atom stereocenters. The lowest BCUT2D eigenvalue weighted by atomic mass is 10.0. The molecule has 0 radical (unpaired) electrons. The first-order chi connectivity index (χ1) is 14.1. The zero-order valence-electron chi connectivity index (χ0n) is 17.0. The average Bonchev–Trinajstić information content (AvgIpc) is 3.38. The van der Waals surface area contributed by atoms with Crippen molar-refractivity contribution in [1.29, 1.82) is 0 Å². The molecule has 4 rings (SSSR count). The fourth-order valence-electron chi connectivity index (χ4n) is 3.76. The van der Waals surface area contributed by atoms with Crippen molar-refractivity contribution in [2.45, 2.75) is 38.6 Å². The first-order valence-corrected chi connectivity index (χ1v) is 9.95. The van der Waals surface area contributed by atoms with Crippen LogP contribution in [0.25, 0.3) is 11.4 Å². The molecule has 152 valence electrons. The third kappa shape index (κ3) is 3.96. The smallest absolute Gasteiger partial charge is 0.248 e. The summed E-state index contributed by atoms with van der Waals surface area (Å²) in [5, 5.41) is 4.84. The van der Waals surface area contributed by atoms with Gasteiger partial charge in [0.05, 0.1) is 19.8 Å². The van der Waals surface area contributed by atoms with Crippen LogP contribution < -0.4 is 10.3 Å². The quantitative estimate of drug-likeness (QED) is 0.694. The number of pyridine rings is 1. The second-order valence-corrected chi connectivity index (χ2v) is 7.61. The van der Waals surface area contributed by atoms with Gasteiger partial charge in [0.1, 0.15) is 5.75 Å². The van der Waals surface area contributed by atoms with E-state index in [-0.39, 0.29) is 17.5 Å². The first-order valence-electron chi connectivity index (χ1n) is 9.95. The Balaban J connectivity index is 1.80. The highest BCUT2D eigenvalue weighted by atomic mass is 16.5. The van der Waals surface area contributed by atoms with Gasteiger partial charge in [0.2, 0.25) is 5.56 Å². The molecule has 1 N–H and O–H groups in total. The lowest BCUT2D eigenvalue weighted by Gasteiger charge is -2.15. The predicted molar refractivity (Wildman–Crippen MR) is 110 cm³/mol. The minimum absolute atomic E-state index is 0.109. The number of H-pyrrole nitrogens is 1. The Hall–Kier alpha value is -2.93. The van der Waals surface area contributed by atoms with Gasteiger partial charge in [0.15, 0.2) is 11.6 Å². The molecule has 1 aliphatic rings. The number of aromatic nitrogens is 4. The van der Waals surface area contributed by atoms with Crippen LogP contribution in [0.15, 0.2) is 41.2 Å². The number of methoxy groups -OCH3 is 1. The summed E-state index contributed by atoms with van der Waals surface area (Å²) in [5.74, 6) is 2.46. The fraction of sp³-hybridized carbons (Fsp3) is 0.409. The standard InChI is InChI=1S/C22H26N4O3/c1-14(2)21-17(8-9-20(27)24-21)22-23-19(25-26(22)16-10-11-29-13-16)12-15-6-4-5-7-18(15)28-3/h4-9,14,16H,10-13H2,1-3H3,(H,24,27). The monoisotopic (exact) mass is 394 g/mol. The van der Waals surface area contributed by atoms with Crippen molar-refractivity contribution >= 4 is 0 Å². The molecule has 7 heteroatoms. The van der Waals surface area contributed by atoms with Crippen LogP contribution in [0.2, 0.25) is 0 Å². The summed E-state index contributed by atoms with van der Waals surface area (Å²) in [6, 6.07) is 11.4. The van der Waals surface area contributed by atoms with E-state index in [1.807, 2.05) is 35.0 Å². The van der Waals surface area contributed by atoms with Crippen LogP contribution in [0.4, 0.5) is 0 Å². The van der Waals surface area contributed by atoms with Crippen LogP contribution in [0.1, 0.15) is 49.3 Å². The van der Waals surface area contributed by atoms with E-state index in [0.29, 0.717) is 19.6 Å². The molecule has 3 aromatic rings. The van der Waals surface area contributed by atoms with E-state index in [4.69, 9.17) is 19.6 Å². The summed E-state index contributed by atoms with van der Waals surface area (Å²) in [6.07, 6.45) is 1.46. The van der Waals surface area contributed by atoms with Crippen molar-refractivity contribution in [3.05, 3.63) is 63.8 Å². The van der Waals surface area contributed by atoms with Gasteiger partial charge in [0.25, 0.3) is 0 Å². The fourth-order valence-corrected chi connectivity index (χ4v) is 3.76. The number of nitrogens with one attached hydrogen (secondary N) is 1. The van der Waals surface area contributed by atoms with Crippen molar-refractivity contribution in [3.8, 4) is 17.1 Å².